The Hall–Kier alpha value is -0.800. The van der Waals surface area contributed by atoms with Gasteiger partial charge in [0.1, 0.15) is 5.82 Å². The molecule has 100 valence electrons. The first kappa shape index (κ1) is 13.2. The summed E-state index contributed by atoms with van der Waals surface area (Å²) in [6.45, 7) is 4.18. The number of piperidine rings is 1. The molecule has 0 amide bonds. The molecule has 2 unspecified atom stereocenters. The molecule has 1 fully saturated rings. The SMILES string of the molecule is CC1CN(c2nccc3c(Br)cccc23)CCC1Cl. The highest BCUT2D eigenvalue weighted by atomic mass is 79.9. The van der Waals surface area contributed by atoms with Crippen LogP contribution in [0.2, 0.25) is 0 Å². The van der Waals surface area contributed by atoms with Gasteiger partial charge in [0.05, 0.1) is 0 Å². The van der Waals surface area contributed by atoms with Crippen LogP contribution >= 0.6 is 27.5 Å². The van der Waals surface area contributed by atoms with Crippen molar-refractivity contribution in [2.24, 2.45) is 5.92 Å². The zero-order valence-corrected chi connectivity index (χ0v) is 13.2. The number of halogens is 2. The molecule has 0 spiro atoms. The molecule has 2 atom stereocenters. The minimum absolute atomic E-state index is 0.290. The topological polar surface area (TPSA) is 16.1 Å². The van der Waals surface area contributed by atoms with Crippen LogP contribution in [-0.4, -0.2) is 23.5 Å². The summed E-state index contributed by atoms with van der Waals surface area (Å²) in [7, 11) is 0. The van der Waals surface area contributed by atoms with Crippen molar-refractivity contribution < 1.29 is 0 Å². The third kappa shape index (κ3) is 2.46. The van der Waals surface area contributed by atoms with Crippen LogP contribution in [0, 0.1) is 5.92 Å². The van der Waals surface area contributed by atoms with Crippen molar-refractivity contribution in [1.82, 2.24) is 4.98 Å². The van der Waals surface area contributed by atoms with Gasteiger partial charge in [-0.05, 0) is 24.5 Å². The van der Waals surface area contributed by atoms with Crippen LogP contribution in [0.1, 0.15) is 13.3 Å². The first-order valence-corrected chi connectivity index (χ1v) is 7.82. The molecule has 0 N–H and O–H groups in total. The molecular formula is C15H16BrClN2. The first-order valence-electron chi connectivity index (χ1n) is 6.59. The Balaban J connectivity index is 2.04. The van der Waals surface area contributed by atoms with Crippen LogP contribution in [0.4, 0.5) is 5.82 Å². The molecule has 2 nitrogen and oxygen atoms in total. The summed E-state index contributed by atoms with van der Waals surface area (Å²) >= 11 is 9.92. The van der Waals surface area contributed by atoms with E-state index >= 15 is 0 Å². The Morgan fingerprint density at radius 2 is 2.16 bits per heavy atom. The first-order chi connectivity index (χ1) is 9.16. The summed E-state index contributed by atoms with van der Waals surface area (Å²) in [6.07, 6.45) is 2.91. The normalized spacial score (nSPS) is 23.8. The second-order valence-electron chi connectivity index (χ2n) is 5.20. The average molecular weight is 340 g/mol. The third-order valence-electron chi connectivity index (χ3n) is 3.83. The standard InChI is InChI=1S/C15H16BrClN2/c1-10-9-19(8-6-14(10)17)15-12-3-2-4-13(16)11(12)5-7-18-15/h2-5,7,10,14H,6,8-9H2,1H3. The monoisotopic (exact) mass is 338 g/mol. The number of nitrogens with zero attached hydrogens (tertiary/aromatic N) is 2. The van der Waals surface area contributed by atoms with Crippen LogP contribution < -0.4 is 4.90 Å². The quantitative estimate of drug-likeness (QED) is 0.714. The lowest BCUT2D eigenvalue weighted by atomic mass is 9.99. The van der Waals surface area contributed by atoms with Crippen molar-refractivity contribution in [3.05, 3.63) is 34.9 Å². The van der Waals surface area contributed by atoms with Gasteiger partial charge in [0.15, 0.2) is 0 Å². The maximum Gasteiger partial charge on any atom is 0.136 e. The van der Waals surface area contributed by atoms with Crippen LogP contribution in [-0.2, 0) is 0 Å². The molecule has 3 rings (SSSR count). The molecule has 2 heterocycles. The largest absolute Gasteiger partial charge is 0.356 e. The highest BCUT2D eigenvalue weighted by molar-refractivity contribution is 9.10. The van der Waals surface area contributed by atoms with E-state index in [4.69, 9.17) is 11.6 Å². The zero-order chi connectivity index (χ0) is 13.4. The van der Waals surface area contributed by atoms with Gasteiger partial charge in [0, 0.05) is 39.9 Å². The highest BCUT2D eigenvalue weighted by Crippen LogP contribution is 2.32. The van der Waals surface area contributed by atoms with E-state index in [1.54, 1.807) is 0 Å². The molecule has 1 aliphatic rings. The number of hydrogen-bond donors (Lipinski definition) is 0. The summed E-state index contributed by atoms with van der Waals surface area (Å²) in [5, 5.41) is 2.71. The van der Waals surface area contributed by atoms with Crippen LogP contribution in [0.25, 0.3) is 10.8 Å². The van der Waals surface area contributed by atoms with Gasteiger partial charge in [-0.1, -0.05) is 35.0 Å². The Bertz CT molecular complexity index is 602. The molecule has 4 heteroatoms. The molecule has 2 aromatic rings. The van der Waals surface area contributed by atoms with E-state index in [-0.39, 0.29) is 5.38 Å². The molecular weight excluding hydrogens is 324 g/mol. The zero-order valence-electron chi connectivity index (χ0n) is 10.8. The third-order valence-corrected chi connectivity index (χ3v) is 5.17. The van der Waals surface area contributed by atoms with Gasteiger partial charge in [0.2, 0.25) is 0 Å². The molecule has 0 radical (unpaired) electrons. The fourth-order valence-corrected chi connectivity index (χ4v) is 3.39. The Morgan fingerprint density at radius 3 is 2.95 bits per heavy atom. The molecule has 1 saturated heterocycles. The number of benzene rings is 1. The van der Waals surface area contributed by atoms with Crippen molar-refractivity contribution in [2.75, 3.05) is 18.0 Å². The number of anilines is 1. The number of rotatable bonds is 1. The lowest BCUT2D eigenvalue weighted by Crippen LogP contribution is -2.40. The molecule has 0 aliphatic carbocycles. The van der Waals surface area contributed by atoms with Gasteiger partial charge in [0.25, 0.3) is 0 Å². The minimum atomic E-state index is 0.290. The van der Waals surface area contributed by atoms with Gasteiger partial charge in [-0.2, -0.15) is 0 Å². The predicted octanol–water partition coefficient (Wildman–Crippen LogP) is 4.45. The fraction of sp³-hybridized carbons (Fsp3) is 0.400. The van der Waals surface area contributed by atoms with E-state index in [2.05, 4.69) is 57.0 Å². The summed E-state index contributed by atoms with van der Waals surface area (Å²) in [4.78, 5) is 6.95. The molecule has 19 heavy (non-hydrogen) atoms. The maximum absolute atomic E-state index is 6.31. The van der Waals surface area contributed by atoms with Crippen LogP contribution in [0.15, 0.2) is 34.9 Å². The van der Waals surface area contributed by atoms with Crippen molar-refractivity contribution in [1.29, 1.82) is 0 Å². The van der Waals surface area contributed by atoms with Crippen molar-refractivity contribution in [3.63, 3.8) is 0 Å². The summed E-state index contributed by atoms with van der Waals surface area (Å²) in [5.41, 5.74) is 0. The van der Waals surface area contributed by atoms with E-state index in [9.17, 15) is 0 Å². The van der Waals surface area contributed by atoms with Crippen molar-refractivity contribution in [2.45, 2.75) is 18.7 Å². The summed E-state index contributed by atoms with van der Waals surface area (Å²) in [6, 6.07) is 8.33. The number of fused-ring (bicyclic) bond motifs is 1. The highest BCUT2D eigenvalue weighted by Gasteiger charge is 2.25. The van der Waals surface area contributed by atoms with Crippen molar-refractivity contribution >= 4 is 44.1 Å². The Labute approximate surface area is 126 Å². The molecule has 0 bridgehead atoms. The van der Waals surface area contributed by atoms with Gasteiger partial charge in [-0.15, -0.1) is 11.6 Å². The summed E-state index contributed by atoms with van der Waals surface area (Å²) < 4.78 is 1.12. The average Bonchev–Trinajstić information content (AvgIpc) is 2.42. The Kier molecular flexibility index (Phi) is 3.68. The van der Waals surface area contributed by atoms with E-state index in [1.807, 2.05) is 6.20 Å². The van der Waals surface area contributed by atoms with E-state index in [0.29, 0.717) is 5.92 Å². The van der Waals surface area contributed by atoms with Gasteiger partial charge < -0.3 is 4.90 Å². The lowest BCUT2D eigenvalue weighted by Gasteiger charge is -2.35. The van der Waals surface area contributed by atoms with Crippen molar-refractivity contribution in [3.8, 4) is 0 Å². The minimum Gasteiger partial charge on any atom is -0.356 e. The number of alkyl halides is 1. The number of hydrogen-bond acceptors (Lipinski definition) is 2. The maximum atomic E-state index is 6.31. The predicted molar refractivity (Wildman–Crippen MR) is 85.1 cm³/mol. The van der Waals surface area contributed by atoms with Crippen LogP contribution in [0.5, 0.6) is 0 Å². The second kappa shape index (κ2) is 5.29. The molecule has 1 aromatic carbocycles. The molecule has 0 saturated carbocycles. The van der Waals surface area contributed by atoms with Gasteiger partial charge in [-0.3, -0.25) is 0 Å². The number of aromatic nitrogens is 1. The molecule has 1 aliphatic heterocycles. The summed E-state index contributed by atoms with van der Waals surface area (Å²) in [5.74, 6) is 1.58. The molecule has 1 aromatic heterocycles. The number of pyridine rings is 1. The van der Waals surface area contributed by atoms with Gasteiger partial charge in [-0.25, -0.2) is 4.98 Å². The van der Waals surface area contributed by atoms with E-state index in [0.717, 1.165) is 29.8 Å². The van der Waals surface area contributed by atoms with E-state index in [1.165, 1.54) is 10.8 Å². The second-order valence-corrected chi connectivity index (χ2v) is 6.61. The lowest BCUT2D eigenvalue weighted by molar-refractivity contribution is 0.453. The fourth-order valence-electron chi connectivity index (χ4n) is 2.71. The smallest absolute Gasteiger partial charge is 0.136 e. The Morgan fingerprint density at radius 1 is 1.32 bits per heavy atom. The van der Waals surface area contributed by atoms with Crippen LogP contribution in [0.3, 0.4) is 0 Å². The van der Waals surface area contributed by atoms with E-state index < -0.39 is 0 Å². The van der Waals surface area contributed by atoms with Gasteiger partial charge >= 0.3 is 0 Å².